The maximum Gasteiger partial charge on any atom is 0.350 e. The summed E-state index contributed by atoms with van der Waals surface area (Å²) in [5.41, 5.74) is 1.13. The zero-order chi connectivity index (χ0) is 12.6. The average Bonchev–Trinajstić information content (AvgIpc) is 2.56. The van der Waals surface area contributed by atoms with Gasteiger partial charge in [-0.2, -0.15) is 5.10 Å². The van der Waals surface area contributed by atoms with Crippen LogP contribution < -0.4 is 0 Å². The molecule has 0 amide bonds. The van der Waals surface area contributed by atoms with Crippen LogP contribution in [0.1, 0.15) is 11.4 Å². The van der Waals surface area contributed by atoms with Crippen LogP contribution in [0.5, 0.6) is 0 Å². The van der Waals surface area contributed by atoms with Crippen molar-refractivity contribution in [1.82, 2.24) is 19.7 Å². The Morgan fingerprint density at radius 2 is 2.12 bits per heavy atom. The number of halogens is 1. The molecule has 88 valence electrons. The Hall–Kier alpha value is -2.02. The zero-order valence-corrected chi connectivity index (χ0v) is 9.84. The molecule has 2 rings (SSSR count). The summed E-state index contributed by atoms with van der Waals surface area (Å²) in [5, 5.41) is 14.9. The molecule has 8 heteroatoms. The molecule has 2 aromatic heterocycles. The topological polar surface area (TPSA) is 86.7 Å². The molecule has 0 unspecified atom stereocenters. The van der Waals surface area contributed by atoms with Crippen molar-refractivity contribution in [2.45, 2.75) is 13.8 Å². The van der Waals surface area contributed by atoms with Crippen molar-refractivity contribution in [2.75, 3.05) is 0 Å². The summed E-state index contributed by atoms with van der Waals surface area (Å²) in [5.74, 6) is 0.0700. The standard InChI is InChI=1S/C9H8ClN5O2/c1-5-3-6(2)14(13-5)9-7(15(16)17)8(10)11-4-12-9/h3-4H,1-2H3. The second-order valence-electron chi connectivity index (χ2n) is 3.43. The van der Waals surface area contributed by atoms with Crippen LogP contribution in [0, 0.1) is 24.0 Å². The van der Waals surface area contributed by atoms with E-state index in [-0.39, 0.29) is 16.7 Å². The zero-order valence-electron chi connectivity index (χ0n) is 9.09. The molecular formula is C9H8ClN5O2. The van der Waals surface area contributed by atoms with Gasteiger partial charge in [0.05, 0.1) is 10.6 Å². The summed E-state index contributed by atoms with van der Waals surface area (Å²) in [6, 6.07) is 1.79. The highest BCUT2D eigenvalue weighted by molar-refractivity contribution is 6.31. The Labute approximate surface area is 101 Å². The van der Waals surface area contributed by atoms with Gasteiger partial charge in [0.1, 0.15) is 6.33 Å². The first-order valence-corrected chi connectivity index (χ1v) is 5.07. The third kappa shape index (κ3) is 1.96. The Morgan fingerprint density at radius 1 is 1.41 bits per heavy atom. The van der Waals surface area contributed by atoms with E-state index in [4.69, 9.17) is 11.6 Å². The second-order valence-corrected chi connectivity index (χ2v) is 3.79. The first-order chi connectivity index (χ1) is 8.00. The summed E-state index contributed by atoms with van der Waals surface area (Å²) in [6.45, 7) is 3.57. The average molecular weight is 254 g/mol. The van der Waals surface area contributed by atoms with Gasteiger partial charge in [-0.25, -0.2) is 14.6 Å². The van der Waals surface area contributed by atoms with Crippen LogP contribution in [-0.4, -0.2) is 24.7 Å². The molecule has 0 aliphatic rings. The monoisotopic (exact) mass is 253 g/mol. The van der Waals surface area contributed by atoms with Crippen molar-refractivity contribution < 1.29 is 4.92 Å². The lowest BCUT2D eigenvalue weighted by molar-refractivity contribution is -0.385. The number of rotatable bonds is 2. The van der Waals surface area contributed by atoms with Crippen LogP contribution in [0.2, 0.25) is 5.15 Å². The first kappa shape index (κ1) is 11.5. The van der Waals surface area contributed by atoms with E-state index in [1.807, 2.05) is 0 Å². The third-order valence-electron chi connectivity index (χ3n) is 2.15. The van der Waals surface area contributed by atoms with Crippen LogP contribution in [0.3, 0.4) is 0 Å². The van der Waals surface area contributed by atoms with Crippen LogP contribution in [0.4, 0.5) is 5.69 Å². The number of hydrogen-bond donors (Lipinski definition) is 0. The smallest absolute Gasteiger partial charge is 0.258 e. The molecule has 2 heterocycles. The fraction of sp³-hybridized carbons (Fsp3) is 0.222. The second kappa shape index (κ2) is 4.10. The molecule has 7 nitrogen and oxygen atoms in total. The Kier molecular flexibility index (Phi) is 2.76. The molecule has 0 fully saturated rings. The van der Waals surface area contributed by atoms with E-state index < -0.39 is 4.92 Å². The molecule has 0 atom stereocenters. The van der Waals surface area contributed by atoms with E-state index in [9.17, 15) is 10.1 Å². The van der Waals surface area contributed by atoms with Crippen LogP contribution in [0.25, 0.3) is 5.82 Å². The lowest BCUT2D eigenvalue weighted by Crippen LogP contribution is -2.07. The maximum atomic E-state index is 10.9. The highest BCUT2D eigenvalue weighted by Crippen LogP contribution is 2.27. The van der Waals surface area contributed by atoms with E-state index in [2.05, 4.69) is 15.1 Å². The summed E-state index contributed by atoms with van der Waals surface area (Å²) in [4.78, 5) is 17.8. The number of aromatic nitrogens is 4. The minimum absolute atomic E-state index is 0.0700. The molecule has 0 bridgehead atoms. The van der Waals surface area contributed by atoms with E-state index in [1.54, 1.807) is 19.9 Å². The molecule has 0 spiro atoms. The van der Waals surface area contributed by atoms with Gasteiger partial charge in [-0.3, -0.25) is 10.1 Å². The van der Waals surface area contributed by atoms with E-state index in [0.717, 1.165) is 11.4 Å². The SMILES string of the molecule is Cc1cc(C)n(-c2ncnc(Cl)c2[N+](=O)[O-])n1. The number of nitro groups is 1. The Morgan fingerprint density at radius 3 is 2.65 bits per heavy atom. The minimum Gasteiger partial charge on any atom is -0.258 e. The molecule has 0 radical (unpaired) electrons. The number of hydrogen-bond acceptors (Lipinski definition) is 5. The van der Waals surface area contributed by atoms with Crippen LogP contribution in [-0.2, 0) is 0 Å². The van der Waals surface area contributed by atoms with Gasteiger partial charge in [0.2, 0.25) is 11.0 Å². The van der Waals surface area contributed by atoms with Crippen LogP contribution >= 0.6 is 11.6 Å². The number of nitrogens with zero attached hydrogens (tertiary/aromatic N) is 5. The van der Waals surface area contributed by atoms with Gasteiger partial charge in [0.25, 0.3) is 0 Å². The van der Waals surface area contributed by atoms with Gasteiger partial charge in [-0.1, -0.05) is 11.6 Å². The largest absolute Gasteiger partial charge is 0.350 e. The normalized spacial score (nSPS) is 10.5. The molecule has 0 aromatic carbocycles. The number of aryl methyl sites for hydroxylation is 2. The molecule has 0 aliphatic heterocycles. The molecule has 0 N–H and O–H groups in total. The highest BCUT2D eigenvalue weighted by atomic mass is 35.5. The van der Waals surface area contributed by atoms with E-state index in [1.165, 1.54) is 11.0 Å². The molecule has 0 aliphatic carbocycles. The summed E-state index contributed by atoms with van der Waals surface area (Å²) in [7, 11) is 0. The molecule has 2 aromatic rings. The third-order valence-corrected chi connectivity index (χ3v) is 2.43. The molecule has 17 heavy (non-hydrogen) atoms. The van der Waals surface area contributed by atoms with Gasteiger partial charge in [-0.15, -0.1) is 0 Å². The van der Waals surface area contributed by atoms with Gasteiger partial charge in [-0.05, 0) is 19.9 Å². The van der Waals surface area contributed by atoms with E-state index >= 15 is 0 Å². The molecule has 0 saturated heterocycles. The molecule has 0 saturated carbocycles. The lowest BCUT2D eigenvalue weighted by atomic mass is 10.4. The summed E-state index contributed by atoms with van der Waals surface area (Å²) in [6.07, 6.45) is 1.17. The first-order valence-electron chi connectivity index (χ1n) is 4.69. The van der Waals surface area contributed by atoms with Crippen molar-refractivity contribution in [1.29, 1.82) is 0 Å². The van der Waals surface area contributed by atoms with Crippen molar-refractivity contribution in [3.05, 3.63) is 39.0 Å². The Bertz CT molecular complexity index is 595. The maximum absolute atomic E-state index is 10.9. The quantitative estimate of drug-likeness (QED) is 0.463. The minimum atomic E-state index is -0.617. The summed E-state index contributed by atoms with van der Waals surface area (Å²) < 4.78 is 1.38. The van der Waals surface area contributed by atoms with Gasteiger partial charge in [0.15, 0.2) is 0 Å². The lowest BCUT2D eigenvalue weighted by Gasteiger charge is -2.04. The van der Waals surface area contributed by atoms with Crippen molar-refractivity contribution in [2.24, 2.45) is 0 Å². The predicted molar refractivity (Wildman–Crippen MR) is 60.3 cm³/mol. The fourth-order valence-corrected chi connectivity index (χ4v) is 1.70. The molecular weight excluding hydrogens is 246 g/mol. The van der Waals surface area contributed by atoms with Gasteiger partial charge >= 0.3 is 5.69 Å². The van der Waals surface area contributed by atoms with Gasteiger partial charge in [0, 0.05) is 5.69 Å². The highest BCUT2D eigenvalue weighted by Gasteiger charge is 2.24. The fourth-order valence-electron chi connectivity index (χ4n) is 1.50. The van der Waals surface area contributed by atoms with Crippen molar-refractivity contribution in [3.8, 4) is 5.82 Å². The van der Waals surface area contributed by atoms with Crippen molar-refractivity contribution in [3.63, 3.8) is 0 Å². The van der Waals surface area contributed by atoms with E-state index in [0.29, 0.717) is 0 Å². The predicted octanol–water partition coefficient (Wildman–Crippen LogP) is 1.84. The van der Waals surface area contributed by atoms with Crippen molar-refractivity contribution >= 4 is 17.3 Å². The Balaban J connectivity index is 2.71. The summed E-state index contributed by atoms with van der Waals surface area (Å²) >= 11 is 5.70. The van der Waals surface area contributed by atoms with Gasteiger partial charge < -0.3 is 0 Å². The van der Waals surface area contributed by atoms with Crippen LogP contribution in [0.15, 0.2) is 12.4 Å².